The average Bonchev–Trinajstić information content (AvgIpc) is 2.25. The Morgan fingerprint density at radius 1 is 1.33 bits per heavy atom. The molecule has 0 aliphatic heterocycles. The van der Waals surface area contributed by atoms with E-state index in [-0.39, 0.29) is 0 Å². The van der Waals surface area contributed by atoms with Crippen LogP contribution in [0.15, 0.2) is 36.4 Å². The molecular formula is C13H18ClN. The third kappa shape index (κ3) is 4.06. The van der Waals surface area contributed by atoms with Gasteiger partial charge in [0.1, 0.15) is 0 Å². The van der Waals surface area contributed by atoms with E-state index in [1.165, 1.54) is 11.1 Å². The van der Waals surface area contributed by atoms with Gasteiger partial charge in [0.2, 0.25) is 0 Å². The van der Waals surface area contributed by atoms with Crippen LogP contribution >= 0.6 is 11.6 Å². The van der Waals surface area contributed by atoms with Crippen molar-refractivity contribution in [3.8, 4) is 0 Å². The summed E-state index contributed by atoms with van der Waals surface area (Å²) in [5.41, 5.74) is 2.69. The third-order valence-electron chi connectivity index (χ3n) is 2.45. The Kier molecular flexibility index (Phi) is 5.44. The van der Waals surface area contributed by atoms with Crippen molar-refractivity contribution in [3.05, 3.63) is 47.5 Å². The average molecular weight is 224 g/mol. The molecule has 0 aliphatic carbocycles. The van der Waals surface area contributed by atoms with E-state index >= 15 is 0 Å². The second kappa shape index (κ2) is 6.65. The van der Waals surface area contributed by atoms with E-state index in [1.807, 2.05) is 6.08 Å². The first-order valence-electron chi connectivity index (χ1n) is 5.25. The normalized spacial score (nSPS) is 13.3. The predicted molar refractivity (Wildman–Crippen MR) is 67.5 cm³/mol. The van der Waals surface area contributed by atoms with Crippen molar-refractivity contribution in [2.75, 3.05) is 12.4 Å². The molecule has 82 valence electrons. The second-order valence-corrected chi connectivity index (χ2v) is 3.92. The highest BCUT2D eigenvalue weighted by Gasteiger charge is 2.04. The molecule has 1 nitrogen and oxygen atoms in total. The van der Waals surface area contributed by atoms with E-state index in [1.54, 1.807) is 0 Å². The van der Waals surface area contributed by atoms with Crippen LogP contribution in [0.1, 0.15) is 24.1 Å². The lowest BCUT2D eigenvalue weighted by Gasteiger charge is -2.15. The van der Waals surface area contributed by atoms with Crippen molar-refractivity contribution < 1.29 is 0 Å². The molecule has 2 heteroatoms. The zero-order valence-electron chi connectivity index (χ0n) is 9.33. The van der Waals surface area contributed by atoms with E-state index in [2.05, 4.69) is 49.5 Å². The summed E-state index contributed by atoms with van der Waals surface area (Å²) in [6.07, 6.45) is 4.01. The molecule has 0 aliphatic rings. The number of nitrogens with one attached hydrogen (secondary N) is 1. The number of rotatable bonds is 5. The van der Waals surface area contributed by atoms with Crippen molar-refractivity contribution in [1.29, 1.82) is 0 Å². The minimum atomic E-state index is 0.381. The highest BCUT2D eigenvalue weighted by molar-refractivity contribution is 6.18. The Bertz CT molecular complexity index is 320. The first kappa shape index (κ1) is 12.3. The monoisotopic (exact) mass is 223 g/mol. The van der Waals surface area contributed by atoms with Gasteiger partial charge in [0, 0.05) is 18.5 Å². The van der Waals surface area contributed by atoms with Crippen LogP contribution in [0, 0.1) is 6.92 Å². The van der Waals surface area contributed by atoms with Crippen molar-refractivity contribution >= 4 is 11.6 Å². The van der Waals surface area contributed by atoms with Gasteiger partial charge in [-0.2, -0.15) is 0 Å². The van der Waals surface area contributed by atoms with Gasteiger partial charge in [-0.15, -0.1) is 11.6 Å². The van der Waals surface area contributed by atoms with E-state index in [0.717, 1.165) is 6.54 Å². The highest BCUT2D eigenvalue weighted by atomic mass is 35.5. The number of allylic oxidation sites excluding steroid dienone is 1. The van der Waals surface area contributed by atoms with Crippen LogP contribution in [0.2, 0.25) is 0 Å². The van der Waals surface area contributed by atoms with Gasteiger partial charge in [-0.25, -0.2) is 0 Å². The molecule has 0 spiro atoms. The fourth-order valence-electron chi connectivity index (χ4n) is 1.57. The molecule has 15 heavy (non-hydrogen) atoms. The van der Waals surface area contributed by atoms with Crippen molar-refractivity contribution in [2.45, 2.75) is 19.9 Å². The molecule has 0 unspecified atom stereocenters. The highest BCUT2D eigenvalue weighted by Crippen LogP contribution is 2.15. The fourth-order valence-corrected chi connectivity index (χ4v) is 1.70. The summed E-state index contributed by atoms with van der Waals surface area (Å²) in [4.78, 5) is 0. The Morgan fingerprint density at radius 3 is 2.73 bits per heavy atom. The molecular weight excluding hydrogens is 206 g/mol. The SMILES string of the molecule is Cc1ccccc1[C@@H](C)NC/C=C/CCl. The maximum Gasteiger partial charge on any atom is 0.0404 e. The molecule has 0 saturated heterocycles. The van der Waals surface area contributed by atoms with Gasteiger partial charge in [-0.05, 0) is 25.0 Å². The van der Waals surface area contributed by atoms with E-state index in [9.17, 15) is 0 Å². The summed E-state index contributed by atoms with van der Waals surface area (Å²) in [7, 11) is 0. The van der Waals surface area contributed by atoms with Gasteiger partial charge in [0.15, 0.2) is 0 Å². The van der Waals surface area contributed by atoms with Crippen LogP contribution in [0.25, 0.3) is 0 Å². The number of alkyl halides is 1. The fraction of sp³-hybridized carbons (Fsp3) is 0.385. The molecule has 0 aromatic heterocycles. The Hall–Kier alpha value is -0.790. The molecule has 0 bridgehead atoms. The second-order valence-electron chi connectivity index (χ2n) is 3.61. The zero-order chi connectivity index (χ0) is 11.1. The van der Waals surface area contributed by atoms with Crippen LogP contribution < -0.4 is 5.32 Å². The van der Waals surface area contributed by atoms with Crippen LogP contribution in [0.4, 0.5) is 0 Å². The van der Waals surface area contributed by atoms with Crippen LogP contribution in [-0.2, 0) is 0 Å². The lowest BCUT2D eigenvalue weighted by Crippen LogP contribution is -2.19. The summed E-state index contributed by atoms with van der Waals surface area (Å²) in [5, 5.41) is 3.43. The van der Waals surface area contributed by atoms with Crippen LogP contribution in [0.5, 0.6) is 0 Å². The summed E-state index contributed by atoms with van der Waals surface area (Å²) >= 11 is 5.54. The number of benzene rings is 1. The molecule has 0 radical (unpaired) electrons. The van der Waals surface area contributed by atoms with Crippen molar-refractivity contribution in [3.63, 3.8) is 0 Å². The summed E-state index contributed by atoms with van der Waals surface area (Å²) in [5.74, 6) is 0.584. The maximum atomic E-state index is 5.54. The molecule has 1 aromatic rings. The van der Waals surface area contributed by atoms with E-state index in [0.29, 0.717) is 11.9 Å². The minimum Gasteiger partial charge on any atom is -0.307 e. The van der Waals surface area contributed by atoms with Crippen molar-refractivity contribution in [1.82, 2.24) is 5.32 Å². The lowest BCUT2D eigenvalue weighted by molar-refractivity contribution is 0.614. The Labute approximate surface area is 97.1 Å². The number of hydrogen-bond acceptors (Lipinski definition) is 1. The topological polar surface area (TPSA) is 12.0 Å². The van der Waals surface area contributed by atoms with Gasteiger partial charge in [-0.1, -0.05) is 36.4 Å². The van der Waals surface area contributed by atoms with Crippen molar-refractivity contribution in [2.24, 2.45) is 0 Å². The largest absolute Gasteiger partial charge is 0.307 e. The summed E-state index contributed by atoms with van der Waals surface area (Å²) in [6, 6.07) is 8.83. The maximum absolute atomic E-state index is 5.54. The standard InChI is InChI=1S/C13H18ClN/c1-11-7-3-4-8-13(11)12(2)15-10-6-5-9-14/h3-8,12,15H,9-10H2,1-2H3/b6-5+/t12-/m1/s1. The number of hydrogen-bond donors (Lipinski definition) is 1. The van der Waals surface area contributed by atoms with Gasteiger partial charge in [0.05, 0.1) is 0 Å². The van der Waals surface area contributed by atoms with E-state index < -0.39 is 0 Å². The van der Waals surface area contributed by atoms with E-state index in [4.69, 9.17) is 11.6 Å². The molecule has 1 rings (SSSR count). The minimum absolute atomic E-state index is 0.381. The third-order valence-corrected chi connectivity index (χ3v) is 2.63. The Morgan fingerprint density at radius 2 is 2.07 bits per heavy atom. The molecule has 0 heterocycles. The number of halogens is 1. The zero-order valence-corrected chi connectivity index (χ0v) is 10.1. The van der Waals surface area contributed by atoms with Gasteiger partial charge >= 0.3 is 0 Å². The van der Waals surface area contributed by atoms with Gasteiger partial charge in [-0.3, -0.25) is 0 Å². The molecule has 1 atom stereocenters. The smallest absolute Gasteiger partial charge is 0.0404 e. The molecule has 0 amide bonds. The summed E-state index contributed by atoms with van der Waals surface area (Å²) < 4.78 is 0. The molecule has 0 fully saturated rings. The first-order chi connectivity index (χ1) is 7.25. The molecule has 0 saturated carbocycles. The van der Waals surface area contributed by atoms with Gasteiger partial charge < -0.3 is 5.32 Å². The molecule has 1 aromatic carbocycles. The number of aryl methyl sites for hydroxylation is 1. The lowest BCUT2D eigenvalue weighted by atomic mass is 10.0. The Balaban J connectivity index is 2.50. The quantitative estimate of drug-likeness (QED) is 0.596. The van der Waals surface area contributed by atoms with Gasteiger partial charge in [0.25, 0.3) is 0 Å². The summed E-state index contributed by atoms with van der Waals surface area (Å²) in [6.45, 7) is 5.18. The predicted octanol–water partition coefficient (Wildman–Crippen LogP) is 3.44. The molecule has 1 N–H and O–H groups in total. The van der Waals surface area contributed by atoms with Crippen LogP contribution in [0.3, 0.4) is 0 Å². The van der Waals surface area contributed by atoms with Crippen LogP contribution in [-0.4, -0.2) is 12.4 Å². The first-order valence-corrected chi connectivity index (χ1v) is 5.79.